The smallest absolute Gasteiger partial charge is 0.126 e. The zero-order valence-electron chi connectivity index (χ0n) is 9.71. The maximum absolute atomic E-state index is 13.4. The minimum absolute atomic E-state index is 0.00343. The zero-order valence-corrected chi connectivity index (χ0v) is 9.71. The third kappa shape index (κ3) is 3.89. The summed E-state index contributed by atoms with van der Waals surface area (Å²) < 4.78 is 26.3. The van der Waals surface area contributed by atoms with Crippen molar-refractivity contribution in [1.29, 1.82) is 0 Å². The van der Waals surface area contributed by atoms with Crippen molar-refractivity contribution in [2.45, 2.75) is 26.7 Å². The normalized spacial score (nSPS) is 13.1. The second-order valence-corrected chi connectivity index (χ2v) is 4.62. The largest absolute Gasteiger partial charge is 0.396 e. The maximum atomic E-state index is 13.4. The molecule has 0 fully saturated rings. The van der Waals surface area contributed by atoms with E-state index in [9.17, 15) is 13.9 Å². The van der Waals surface area contributed by atoms with Gasteiger partial charge in [0.1, 0.15) is 11.6 Å². The lowest BCUT2D eigenvalue weighted by atomic mass is 9.91. The number of aliphatic hydroxyl groups is 1. The second-order valence-electron chi connectivity index (χ2n) is 4.62. The summed E-state index contributed by atoms with van der Waals surface area (Å²) in [5, 5.41) is 9.18. The fourth-order valence-corrected chi connectivity index (χ4v) is 1.90. The van der Waals surface area contributed by atoms with Crippen LogP contribution in [-0.4, -0.2) is 11.7 Å². The van der Waals surface area contributed by atoms with Gasteiger partial charge in [0, 0.05) is 6.61 Å². The molecule has 0 saturated heterocycles. The van der Waals surface area contributed by atoms with Crippen molar-refractivity contribution >= 4 is 0 Å². The summed E-state index contributed by atoms with van der Waals surface area (Å²) in [6.45, 7) is 4.10. The van der Waals surface area contributed by atoms with Gasteiger partial charge in [0.25, 0.3) is 0 Å². The van der Waals surface area contributed by atoms with Crippen molar-refractivity contribution in [1.82, 2.24) is 0 Å². The molecule has 0 aliphatic carbocycles. The van der Waals surface area contributed by atoms with Gasteiger partial charge in [-0.15, -0.1) is 0 Å². The number of benzene rings is 1. The maximum Gasteiger partial charge on any atom is 0.126 e. The Kier molecular flexibility index (Phi) is 4.87. The molecule has 1 atom stereocenters. The van der Waals surface area contributed by atoms with Gasteiger partial charge >= 0.3 is 0 Å². The molecule has 90 valence electrons. The van der Waals surface area contributed by atoms with E-state index in [0.717, 1.165) is 18.6 Å². The van der Waals surface area contributed by atoms with Gasteiger partial charge in [-0.2, -0.15) is 0 Å². The molecule has 1 unspecified atom stereocenters. The first-order chi connectivity index (χ1) is 7.52. The van der Waals surface area contributed by atoms with Gasteiger partial charge in [-0.3, -0.25) is 0 Å². The molecule has 0 aliphatic heterocycles. The van der Waals surface area contributed by atoms with Crippen LogP contribution in [0.4, 0.5) is 8.78 Å². The number of hydrogen-bond acceptors (Lipinski definition) is 1. The fraction of sp³-hybridized carbons (Fsp3) is 0.538. The Morgan fingerprint density at radius 2 is 1.94 bits per heavy atom. The van der Waals surface area contributed by atoms with E-state index in [1.165, 1.54) is 6.07 Å². The van der Waals surface area contributed by atoms with E-state index in [-0.39, 0.29) is 12.5 Å². The summed E-state index contributed by atoms with van der Waals surface area (Å²) in [6, 6.07) is 3.45. The molecule has 1 aromatic carbocycles. The van der Waals surface area contributed by atoms with Gasteiger partial charge in [0.2, 0.25) is 0 Å². The molecule has 1 rings (SSSR count). The number of hydrogen-bond donors (Lipinski definition) is 1. The van der Waals surface area contributed by atoms with E-state index in [1.54, 1.807) is 0 Å². The van der Waals surface area contributed by atoms with Gasteiger partial charge in [0.15, 0.2) is 0 Å². The van der Waals surface area contributed by atoms with Crippen LogP contribution in [0.5, 0.6) is 0 Å². The molecule has 3 heteroatoms. The second kappa shape index (κ2) is 5.94. The Morgan fingerprint density at radius 1 is 1.25 bits per heavy atom. The molecule has 1 N–H and O–H groups in total. The molecular weight excluding hydrogens is 210 g/mol. The van der Waals surface area contributed by atoms with Crippen molar-refractivity contribution < 1.29 is 13.9 Å². The highest BCUT2D eigenvalue weighted by Gasteiger charge is 2.13. The number of rotatable bonds is 5. The van der Waals surface area contributed by atoms with Crippen LogP contribution in [0.2, 0.25) is 0 Å². The summed E-state index contributed by atoms with van der Waals surface area (Å²) >= 11 is 0. The molecule has 0 spiro atoms. The van der Waals surface area contributed by atoms with E-state index >= 15 is 0 Å². The summed E-state index contributed by atoms with van der Waals surface area (Å²) in [7, 11) is 0. The van der Waals surface area contributed by atoms with Crippen LogP contribution in [0.3, 0.4) is 0 Å². The van der Waals surface area contributed by atoms with Crippen LogP contribution < -0.4 is 0 Å². The minimum Gasteiger partial charge on any atom is -0.396 e. The van der Waals surface area contributed by atoms with Crippen molar-refractivity contribution in [3.05, 3.63) is 35.4 Å². The Labute approximate surface area is 95.1 Å². The average molecular weight is 228 g/mol. The molecule has 16 heavy (non-hydrogen) atoms. The summed E-state index contributed by atoms with van der Waals surface area (Å²) in [5.41, 5.74) is 0.347. The SMILES string of the molecule is CC(C)CC(CO)Cc1cc(F)ccc1F. The van der Waals surface area contributed by atoms with Crippen LogP contribution in [0.25, 0.3) is 0 Å². The molecule has 1 aromatic rings. The monoisotopic (exact) mass is 228 g/mol. The first-order valence-corrected chi connectivity index (χ1v) is 5.57. The lowest BCUT2D eigenvalue weighted by Gasteiger charge is -2.16. The summed E-state index contributed by atoms with van der Waals surface area (Å²) in [5.74, 6) is -0.397. The molecule has 1 nitrogen and oxygen atoms in total. The van der Waals surface area contributed by atoms with Crippen molar-refractivity contribution in [2.75, 3.05) is 6.61 Å². The lowest BCUT2D eigenvalue weighted by Crippen LogP contribution is -2.13. The van der Waals surface area contributed by atoms with Gasteiger partial charge in [-0.25, -0.2) is 8.78 Å². The van der Waals surface area contributed by atoms with Crippen molar-refractivity contribution in [3.63, 3.8) is 0 Å². The summed E-state index contributed by atoms with van der Waals surface area (Å²) in [6.07, 6.45) is 1.20. The molecule has 0 amide bonds. The van der Waals surface area contributed by atoms with Gasteiger partial charge in [-0.05, 0) is 48.4 Å². The van der Waals surface area contributed by atoms with E-state index in [0.29, 0.717) is 17.9 Å². The quantitative estimate of drug-likeness (QED) is 0.820. The third-order valence-electron chi connectivity index (χ3n) is 2.58. The van der Waals surface area contributed by atoms with Crippen LogP contribution in [-0.2, 0) is 6.42 Å². The Hall–Kier alpha value is -0.960. The van der Waals surface area contributed by atoms with Gasteiger partial charge < -0.3 is 5.11 Å². The first-order valence-electron chi connectivity index (χ1n) is 5.57. The Morgan fingerprint density at radius 3 is 2.50 bits per heavy atom. The number of aliphatic hydroxyl groups excluding tert-OH is 1. The van der Waals surface area contributed by atoms with Crippen LogP contribution in [0.15, 0.2) is 18.2 Å². The molecule has 0 saturated carbocycles. The van der Waals surface area contributed by atoms with E-state index < -0.39 is 11.6 Å². The van der Waals surface area contributed by atoms with Gasteiger partial charge in [-0.1, -0.05) is 13.8 Å². The topological polar surface area (TPSA) is 20.2 Å². The number of halogens is 2. The fourth-order valence-electron chi connectivity index (χ4n) is 1.90. The van der Waals surface area contributed by atoms with Crippen LogP contribution >= 0.6 is 0 Å². The highest BCUT2D eigenvalue weighted by Crippen LogP contribution is 2.19. The van der Waals surface area contributed by atoms with Crippen molar-refractivity contribution in [2.24, 2.45) is 11.8 Å². The van der Waals surface area contributed by atoms with E-state index in [1.807, 2.05) is 13.8 Å². The average Bonchev–Trinajstić information content (AvgIpc) is 2.21. The Balaban J connectivity index is 2.73. The highest BCUT2D eigenvalue weighted by molar-refractivity contribution is 5.19. The summed E-state index contributed by atoms with van der Waals surface area (Å²) in [4.78, 5) is 0. The lowest BCUT2D eigenvalue weighted by molar-refractivity contribution is 0.204. The third-order valence-corrected chi connectivity index (χ3v) is 2.58. The first kappa shape index (κ1) is 13.1. The Bertz CT molecular complexity index is 337. The van der Waals surface area contributed by atoms with E-state index in [4.69, 9.17) is 0 Å². The van der Waals surface area contributed by atoms with Crippen LogP contribution in [0.1, 0.15) is 25.8 Å². The molecule has 0 radical (unpaired) electrons. The molecule has 0 aromatic heterocycles. The molecule has 0 aliphatic rings. The predicted octanol–water partition coefficient (Wildman–Crippen LogP) is 3.16. The standard InChI is InChI=1S/C13H18F2O/c1-9(2)5-10(8-16)6-11-7-12(14)3-4-13(11)15/h3-4,7,9-10,16H,5-6,8H2,1-2H3. The molecular formula is C13H18F2O. The highest BCUT2D eigenvalue weighted by atomic mass is 19.1. The molecule has 0 bridgehead atoms. The van der Waals surface area contributed by atoms with E-state index in [2.05, 4.69) is 0 Å². The van der Waals surface area contributed by atoms with Crippen molar-refractivity contribution in [3.8, 4) is 0 Å². The zero-order chi connectivity index (χ0) is 12.1. The van der Waals surface area contributed by atoms with Gasteiger partial charge in [0.05, 0.1) is 0 Å². The minimum atomic E-state index is -0.433. The predicted molar refractivity (Wildman–Crippen MR) is 60.1 cm³/mol. The van der Waals surface area contributed by atoms with Crippen LogP contribution in [0, 0.1) is 23.5 Å². The molecule has 0 heterocycles.